The fourth-order valence-corrected chi connectivity index (χ4v) is 3.58. The van der Waals surface area contributed by atoms with Crippen LogP contribution in [-0.4, -0.2) is 31.1 Å². The molecular formula is C19H15BrN6OS. The van der Waals surface area contributed by atoms with E-state index in [1.165, 1.54) is 16.1 Å². The van der Waals surface area contributed by atoms with Crippen LogP contribution < -0.4 is 5.32 Å². The lowest BCUT2D eigenvalue weighted by atomic mass is 10.2. The minimum absolute atomic E-state index is 0.0940. The molecule has 2 heterocycles. The number of amides is 1. The number of carbonyl (C=O) groups is 1. The Bertz CT molecular complexity index is 1080. The van der Waals surface area contributed by atoms with E-state index in [4.69, 9.17) is 0 Å². The van der Waals surface area contributed by atoms with Crippen molar-refractivity contribution >= 4 is 38.9 Å². The van der Waals surface area contributed by atoms with Gasteiger partial charge in [-0.05, 0) is 41.6 Å². The Kier molecular flexibility index (Phi) is 5.54. The molecule has 1 amide bonds. The summed E-state index contributed by atoms with van der Waals surface area (Å²) in [5, 5.41) is 18.1. The minimum Gasteiger partial charge on any atom is -0.326 e. The number of halogens is 1. The molecule has 9 heteroatoms. The van der Waals surface area contributed by atoms with Crippen molar-refractivity contribution in [3.63, 3.8) is 0 Å². The van der Waals surface area contributed by atoms with Crippen LogP contribution in [0.3, 0.4) is 0 Å². The minimum atomic E-state index is -0.0940. The van der Waals surface area contributed by atoms with Crippen LogP contribution in [0, 0.1) is 0 Å². The van der Waals surface area contributed by atoms with Crippen molar-refractivity contribution in [1.29, 1.82) is 0 Å². The second-order valence-corrected chi connectivity index (χ2v) is 7.83. The molecule has 0 saturated carbocycles. The zero-order valence-electron chi connectivity index (χ0n) is 14.6. The SMILES string of the molecule is O=C(Cc1nc(Cn2nnc(-c3ccc(Br)cc3)n2)cs1)Nc1ccccc1. The Morgan fingerprint density at radius 1 is 1.11 bits per heavy atom. The van der Waals surface area contributed by atoms with Crippen molar-refractivity contribution in [2.45, 2.75) is 13.0 Å². The highest BCUT2D eigenvalue weighted by Crippen LogP contribution is 2.18. The molecule has 7 nitrogen and oxygen atoms in total. The lowest BCUT2D eigenvalue weighted by molar-refractivity contribution is -0.115. The van der Waals surface area contributed by atoms with E-state index in [0.29, 0.717) is 12.4 Å². The van der Waals surface area contributed by atoms with Crippen LogP contribution in [0.1, 0.15) is 10.7 Å². The molecule has 0 aliphatic carbocycles. The first-order valence-corrected chi connectivity index (χ1v) is 10.1. The van der Waals surface area contributed by atoms with Gasteiger partial charge < -0.3 is 5.32 Å². The number of nitrogens with one attached hydrogen (secondary N) is 1. The lowest BCUT2D eigenvalue weighted by Crippen LogP contribution is -2.14. The molecule has 28 heavy (non-hydrogen) atoms. The first-order valence-electron chi connectivity index (χ1n) is 8.47. The molecule has 0 unspecified atom stereocenters. The molecule has 1 N–H and O–H groups in total. The van der Waals surface area contributed by atoms with Gasteiger partial charge in [-0.3, -0.25) is 4.79 Å². The monoisotopic (exact) mass is 454 g/mol. The van der Waals surface area contributed by atoms with E-state index in [1.54, 1.807) is 0 Å². The van der Waals surface area contributed by atoms with Gasteiger partial charge in [0, 0.05) is 21.1 Å². The van der Waals surface area contributed by atoms with Crippen LogP contribution in [0.5, 0.6) is 0 Å². The summed E-state index contributed by atoms with van der Waals surface area (Å²) in [5.74, 6) is 0.466. The van der Waals surface area contributed by atoms with Gasteiger partial charge in [-0.15, -0.1) is 21.5 Å². The summed E-state index contributed by atoms with van der Waals surface area (Å²) < 4.78 is 0.995. The molecule has 4 aromatic rings. The molecule has 0 aliphatic heterocycles. The number of tetrazole rings is 1. The molecule has 4 rings (SSSR count). The van der Waals surface area contributed by atoms with E-state index in [0.717, 1.165) is 26.4 Å². The molecule has 0 fully saturated rings. The summed E-state index contributed by atoms with van der Waals surface area (Å²) in [6.45, 7) is 0.403. The van der Waals surface area contributed by atoms with Crippen LogP contribution in [0.15, 0.2) is 64.5 Å². The third-order valence-electron chi connectivity index (χ3n) is 3.83. The van der Waals surface area contributed by atoms with Crippen molar-refractivity contribution in [2.24, 2.45) is 0 Å². The van der Waals surface area contributed by atoms with E-state index in [-0.39, 0.29) is 12.3 Å². The van der Waals surface area contributed by atoms with Crippen molar-refractivity contribution in [3.05, 3.63) is 75.2 Å². The van der Waals surface area contributed by atoms with Crippen molar-refractivity contribution in [2.75, 3.05) is 5.32 Å². The number of anilines is 1. The first kappa shape index (κ1) is 18.5. The third kappa shape index (κ3) is 4.68. The Balaban J connectivity index is 1.37. The molecule has 0 saturated heterocycles. The quantitative estimate of drug-likeness (QED) is 0.478. The number of thiazole rings is 1. The van der Waals surface area contributed by atoms with Gasteiger partial charge in [0.05, 0.1) is 12.1 Å². The topological polar surface area (TPSA) is 85.6 Å². The second-order valence-electron chi connectivity index (χ2n) is 5.97. The van der Waals surface area contributed by atoms with Gasteiger partial charge in [0.2, 0.25) is 11.7 Å². The number of rotatable bonds is 6. The van der Waals surface area contributed by atoms with Crippen LogP contribution in [-0.2, 0) is 17.8 Å². The number of nitrogens with zero attached hydrogens (tertiary/aromatic N) is 5. The maximum absolute atomic E-state index is 12.1. The van der Waals surface area contributed by atoms with E-state index in [2.05, 4.69) is 41.6 Å². The maximum atomic E-state index is 12.1. The van der Waals surface area contributed by atoms with Gasteiger partial charge in [0.25, 0.3) is 0 Å². The van der Waals surface area contributed by atoms with E-state index in [9.17, 15) is 4.79 Å². The number of carbonyl (C=O) groups excluding carboxylic acids is 1. The van der Waals surface area contributed by atoms with Gasteiger partial charge in [0.15, 0.2) is 0 Å². The van der Waals surface area contributed by atoms with E-state index < -0.39 is 0 Å². The average molecular weight is 455 g/mol. The number of para-hydroxylation sites is 1. The standard InChI is InChI=1S/C19H15BrN6OS/c20-14-8-6-13(7-9-14)19-23-25-26(24-19)11-16-12-28-18(22-16)10-17(27)21-15-4-2-1-3-5-15/h1-9,12H,10-11H2,(H,21,27). The highest BCUT2D eigenvalue weighted by atomic mass is 79.9. The second kappa shape index (κ2) is 8.41. The summed E-state index contributed by atoms with van der Waals surface area (Å²) in [7, 11) is 0. The van der Waals surface area contributed by atoms with Crippen LogP contribution in [0.2, 0.25) is 0 Å². The van der Waals surface area contributed by atoms with Gasteiger partial charge in [-0.1, -0.05) is 34.1 Å². The van der Waals surface area contributed by atoms with Gasteiger partial charge in [-0.2, -0.15) is 4.80 Å². The Labute approximate surface area is 173 Å². The first-order chi connectivity index (χ1) is 13.7. The van der Waals surface area contributed by atoms with Gasteiger partial charge in [-0.25, -0.2) is 4.98 Å². The Hall–Kier alpha value is -2.91. The number of aromatic nitrogens is 5. The summed E-state index contributed by atoms with van der Waals surface area (Å²) in [5.41, 5.74) is 2.47. The summed E-state index contributed by atoms with van der Waals surface area (Å²) in [6, 6.07) is 17.1. The van der Waals surface area contributed by atoms with Crippen LogP contribution in [0.25, 0.3) is 11.4 Å². The average Bonchev–Trinajstić information content (AvgIpc) is 3.33. The fraction of sp³-hybridized carbons (Fsp3) is 0.105. The van der Waals surface area contributed by atoms with E-state index >= 15 is 0 Å². The molecule has 2 aromatic carbocycles. The molecule has 2 aromatic heterocycles. The molecule has 0 bridgehead atoms. The van der Waals surface area contributed by atoms with Gasteiger partial charge >= 0.3 is 0 Å². The smallest absolute Gasteiger partial charge is 0.231 e. The largest absolute Gasteiger partial charge is 0.326 e. The highest BCUT2D eigenvalue weighted by molar-refractivity contribution is 9.10. The number of hydrogen-bond donors (Lipinski definition) is 1. The Morgan fingerprint density at radius 3 is 2.68 bits per heavy atom. The zero-order chi connectivity index (χ0) is 19.3. The molecule has 0 atom stereocenters. The molecule has 0 aliphatic rings. The predicted molar refractivity (Wildman–Crippen MR) is 111 cm³/mol. The number of benzene rings is 2. The number of hydrogen-bond acceptors (Lipinski definition) is 6. The zero-order valence-corrected chi connectivity index (χ0v) is 17.0. The fourth-order valence-electron chi connectivity index (χ4n) is 2.54. The van der Waals surface area contributed by atoms with Crippen molar-refractivity contribution in [3.8, 4) is 11.4 Å². The van der Waals surface area contributed by atoms with Crippen LogP contribution >= 0.6 is 27.3 Å². The summed E-state index contributed by atoms with van der Waals surface area (Å²) >= 11 is 4.85. The molecular weight excluding hydrogens is 440 g/mol. The van der Waals surface area contributed by atoms with Crippen molar-refractivity contribution < 1.29 is 4.79 Å². The maximum Gasteiger partial charge on any atom is 0.231 e. The molecule has 0 spiro atoms. The van der Waals surface area contributed by atoms with Crippen LogP contribution in [0.4, 0.5) is 5.69 Å². The van der Waals surface area contributed by atoms with E-state index in [1.807, 2.05) is 60.0 Å². The molecule has 0 radical (unpaired) electrons. The summed E-state index contributed by atoms with van der Waals surface area (Å²) in [6.07, 6.45) is 0.231. The van der Waals surface area contributed by atoms with Crippen molar-refractivity contribution in [1.82, 2.24) is 25.2 Å². The highest BCUT2D eigenvalue weighted by Gasteiger charge is 2.11. The Morgan fingerprint density at radius 2 is 1.89 bits per heavy atom. The molecule has 140 valence electrons. The van der Waals surface area contributed by atoms with Gasteiger partial charge in [0.1, 0.15) is 11.6 Å². The summed E-state index contributed by atoms with van der Waals surface area (Å²) in [4.78, 5) is 18.1. The lowest BCUT2D eigenvalue weighted by Gasteiger charge is -2.02. The normalized spacial score (nSPS) is 10.8. The predicted octanol–water partition coefficient (Wildman–Crippen LogP) is 3.79. The third-order valence-corrected chi connectivity index (χ3v) is 5.25.